The molecule has 0 aliphatic heterocycles. The lowest BCUT2D eigenvalue weighted by atomic mass is 10.1. The molecule has 5 nitrogen and oxygen atoms in total. The number of phenolic OH excluding ortho intramolecular Hbond substituents is 1. The van der Waals surface area contributed by atoms with Crippen molar-refractivity contribution in [1.82, 2.24) is 4.90 Å². The number of esters is 1. The Morgan fingerprint density at radius 1 is 1.00 bits per heavy atom. The van der Waals surface area contributed by atoms with Gasteiger partial charge in [-0.15, -0.1) is 0 Å². The minimum Gasteiger partial charge on any atom is -0.508 e. The van der Waals surface area contributed by atoms with Crippen LogP contribution in [0, 0.1) is 0 Å². The average molecular weight is 414 g/mol. The first-order chi connectivity index (χ1) is 13.7. The molecular weight excluding hydrogens is 382 g/mol. The molecular formula is C23H31NO4Si. The molecule has 0 saturated carbocycles. The Hall–Kier alpha value is -2.60. The maximum Gasteiger partial charge on any atom is 0.305 e. The number of carbonyl (C=O) groups excluding carboxylic acids is 2. The Morgan fingerprint density at radius 2 is 1.59 bits per heavy atom. The van der Waals surface area contributed by atoms with Gasteiger partial charge in [-0.05, 0) is 35.7 Å². The highest BCUT2D eigenvalue weighted by Gasteiger charge is 2.24. The molecule has 156 valence electrons. The van der Waals surface area contributed by atoms with E-state index in [-0.39, 0.29) is 17.6 Å². The zero-order chi connectivity index (χ0) is 21.4. The van der Waals surface area contributed by atoms with E-state index >= 15 is 0 Å². The molecule has 0 radical (unpaired) electrons. The number of ether oxygens (including phenoxy) is 1. The summed E-state index contributed by atoms with van der Waals surface area (Å²) >= 11 is 0. The molecule has 1 amide bonds. The maximum absolute atomic E-state index is 12.1. The molecule has 0 bridgehead atoms. The summed E-state index contributed by atoms with van der Waals surface area (Å²) in [6.07, 6.45) is 1.19. The first-order valence-electron chi connectivity index (χ1n) is 9.91. The SMILES string of the molecule is COC(=O)CC[Si](C)(C)c1ccc(CN(CCc2ccc(O)cc2)C(C)=O)cc1. The van der Waals surface area contributed by atoms with Gasteiger partial charge in [0.1, 0.15) is 5.75 Å². The first-order valence-corrected chi connectivity index (χ1v) is 13.1. The fourth-order valence-corrected chi connectivity index (χ4v) is 5.40. The van der Waals surface area contributed by atoms with Gasteiger partial charge in [-0.1, -0.05) is 54.7 Å². The van der Waals surface area contributed by atoms with E-state index in [4.69, 9.17) is 4.74 Å². The van der Waals surface area contributed by atoms with Crippen molar-refractivity contribution in [2.24, 2.45) is 0 Å². The van der Waals surface area contributed by atoms with E-state index < -0.39 is 8.07 Å². The van der Waals surface area contributed by atoms with E-state index in [9.17, 15) is 14.7 Å². The van der Waals surface area contributed by atoms with E-state index in [1.807, 2.05) is 17.0 Å². The summed E-state index contributed by atoms with van der Waals surface area (Å²) in [5.41, 5.74) is 2.18. The Labute approximate surface area is 174 Å². The molecule has 2 aromatic carbocycles. The molecule has 0 aliphatic rings. The predicted molar refractivity (Wildman–Crippen MR) is 118 cm³/mol. The van der Waals surface area contributed by atoms with Crippen LogP contribution in [-0.4, -0.2) is 43.6 Å². The summed E-state index contributed by atoms with van der Waals surface area (Å²) in [5.74, 6) is 0.129. The maximum atomic E-state index is 12.1. The third-order valence-electron chi connectivity index (χ3n) is 5.34. The van der Waals surface area contributed by atoms with Gasteiger partial charge in [0.05, 0.1) is 15.2 Å². The number of rotatable bonds is 9. The summed E-state index contributed by atoms with van der Waals surface area (Å²) in [6.45, 7) is 7.29. The van der Waals surface area contributed by atoms with Crippen molar-refractivity contribution in [2.75, 3.05) is 13.7 Å². The van der Waals surface area contributed by atoms with E-state index in [1.54, 1.807) is 19.1 Å². The van der Waals surface area contributed by atoms with Crippen LogP contribution < -0.4 is 5.19 Å². The zero-order valence-corrected chi connectivity index (χ0v) is 18.8. The number of benzene rings is 2. The van der Waals surface area contributed by atoms with E-state index in [2.05, 4.69) is 37.4 Å². The van der Waals surface area contributed by atoms with E-state index in [1.165, 1.54) is 12.3 Å². The molecule has 6 heteroatoms. The minimum atomic E-state index is -1.71. The van der Waals surface area contributed by atoms with E-state index in [0.29, 0.717) is 19.5 Å². The fraction of sp³-hybridized carbons (Fsp3) is 0.391. The lowest BCUT2D eigenvalue weighted by molar-refractivity contribution is -0.140. The second kappa shape index (κ2) is 10.3. The monoisotopic (exact) mass is 413 g/mol. The summed E-state index contributed by atoms with van der Waals surface area (Å²) in [6, 6.07) is 16.4. The number of aromatic hydroxyl groups is 1. The molecule has 1 N–H and O–H groups in total. The van der Waals surface area contributed by atoms with Gasteiger partial charge in [0.2, 0.25) is 5.91 Å². The van der Waals surface area contributed by atoms with Crippen LogP contribution in [0.1, 0.15) is 24.5 Å². The summed E-state index contributed by atoms with van der Waals surface area (Å²) in [4.78, 5) is 25.4. The normalized spacial score (nSPS) is 11.2. The van der Waals surface area contributed by atoms with Crippen LogP contribution in [0.25, 0.3) is 0 Å². The third-order valence-corrected chi connectivity index (χ3v) is 8.74. The second-order valence-electron chi connectivity index (χ2n) is 8.01. The lowest BCUT2D eigenvalue weighted by Gasteiger charge is -2.24. The van der Waals surface area contributed by atoms with Gasteiger partial charge in [0.15, 0.2) is 0 Å². The zero-order valence-electron chi connectivity index (χ0n) is 17.8. The average Bonchev–Trinajstić information content (AvgIpc) is 2.70. The van der Waals surface area contributed by atoms with Crippen molar-refractivity contribution >= 4 is 25.1 Å². The Kier molecular flexibility index (Phi) is 8.02. The molecule has 0 atom stereocenters. The van der Waals surface area contributed by atoms with Gasteiger partial charge in [0, 0.05) is 26.4 Å². The summed E-state index contributed by atoms with van der Waals surface area (Å²) in [7, 11) is -0.284. The van der Waals surface area contributed by atoms with Gasteiger partial charge < -0.3 is 14.7 Å². The fourth-order valence-electron chi connectivity index (χ4n) is 3.22. The first kappa shape index (κ1) is 22.7. The van der Waals surface area contributed by atoms with Crippen LogP contribution in [0.3, 0.4) is 0 Å². The van der Waals surface area contributed by atoms with Crippen LogP contribution >= 0.6 is 0 Å². The van der Waals surface area contributed by atoms with Crippen LogP contribution in [0.5, 0.6) is 5.75 Å². The number of hydrogen-bond donors (Lipinski definition) is 1. The number of hydrogen-bond acceptors (Lipinski definition) is 4. The Balaban J connectivity index is 1.98. The lowest BCUT2D eigenvalue weighted by Crippen LogP contribution is -2.41. The quantitative estimate of drug-likeness (QED) is 0.505. The standard InChI is InChI=1S/C23H31NO4Si/c1-18(25)24(15-13-19-5-9-21(26)10-6-19)17-20-7-11-22(12-8-20)29(3,4)16-14-23(27)28-2/h5-12,26H,13-17H2,1-4H3. The number of phenols is 1. The van der Waals surface area contributed by atoms with Crippen molar-refractivity contribution in [2.45, 2.75) is 45.4 Å². The molecule has 0 aromatic heterocycles. The highest BCUT2D eigenvalue weighted by atomic mass is 28.3. The molecule has 0 saturated heterocycles. The summed E-state index contributed by atoms with van der Waals surface area (Å²) < 4.78 is 4.76. The Bertz CT molecular complexity index is 816. The smallest absolute Gasteiger partial charge is 0.305 e. The van der Waals surface area contributed by atoms with Gasteiger partial charge in [-0.2, -0.15) is 0 Å². The van der Waals surface area contributed by atoms with Crippen LogP contribution in [0.4, 0.5) is 0 Å². The van der Waals surface area contributed by atoms with Gasteiger partial charge >= 0.3 is 5.97 Å². The van der Waals surface area contributed by atoms with Crippen molar-refractivity contribution in [3.05, 3.63) is 59.7 Å². The molecule has 2 rings (SSSR count). The number of amides is 1. The number of carbonyl (C=O) groups is 2. The largest absolute Gasteiger partial charge is 0.508 e. The third kappa shape index (κ3) is 7.05. The van der Waals surface area contributed by atoms with Crippen molar-refractivity contribution in [3.63, 3.8) is 0 Å². The highest BCUT2D eigenvalue weighted by Crippen LogP contribution is 2.15. The molecule has 0 heterocycles. The van der Waals surface area contributed by atoms with Crippen LogP contribution in [0.15, 0.2) is 48.5 Å². The van der Waals surface area contributed by atoms with Crippen molar-refractivity contribution in [3.8, 4) is 5.75 Å². The summed E-state index contributed by atoms with van der Waals surface area (Å²) in [5, 5.41) is 10.7. The van der Waals surface area contributed by atoms with Gasteiger partial charge in [0.25, 0.3) is 0 Å². The van der Waals surface area contributed by atoms with Crippen LogP contribution in [-0.2, 0) is 27.3 Å². The minimum absolute atomic E-state index is 0.0423. The molecule has 0 spiro atoms. The van der Waals surface area contributed by atoms with Crippen molar-refractivity contribution in [1.29, 1.82) is 0 Å². The van der Waals surface area contributed by atoms with Gasteiger partial charge in [-0.3, -0.25) is 9.59 Å². The van der Waals surface area contributed by atoms with Crippen LogP contribution in [0.2, 0.25) is 19.1 Å². The van der Waals surface area contributed by atoms with Crippen molar-refractivity contribution < 1.29 is 19.4 Å². The molecule has 29 heavy (non-hydrogen) atoms. The Morgan fingerprint density at radius 3 is 2.14 bits per heavy atom. The van der Waals surface area contributed by atoms with E-state index in [0.717, 1.165) is 23.6 Å². The highest BCUT2D eigenvalue weighted by molar-refractivity contribution is 6.89. The second-order valence-corrected chi connectivity index (χ2v) is 12.9. The number of nitrogens with zero attached hydrogens (tertiary/aromatic N) is 1. The van der Waals surface area contributed by atoms with Gasteiger partial charge in [-0.25, -0.2) is 0 Å². The topological polar surface area (TPSA) is 66.8 Å². The molecule has 0 fully saturated rings. The predicted octanol–water partition coefficient (Wildman–Crippen LogP) is 3.46. The molecule has 0 aliphatic carbocycles. The molecule has 0 unspecified atom stereocenters. The number of methoxy groups -OCH3 is 1. The molecule has 2 aromatic rings.